The number of rotatable bonds is 6. The van der Waals surface area contributed by atoms with Gasteiger partial charge in [0.2, 0.25) is 0 Å². The summed E-state index contributed by atoms with van der Waals surface area (Å²) in [5.74, 6) is 1.82. The molecule has 0 bridgehead atoms. The van der Waals surface area contributed by atoms with Gasteiger partial charge in [0, 0.05) is 39.2 Å². The largest absolute Gasteiger partial charge is 0.254 e. The van der Waals surface area contributed by atoms with E-state index in [1.165, 1.54) is 0 Å². The van der Waals surface area contributed by atoms with Crippen molar-refractivity contribution < 1.29 is 0 Å². The second-order valence-electron chi connectivity index (χ2n) is 12.2. The molecular weight excluding hydrogens is 611 g/mol. The van der Waals surface area contributed by atoms with Crippen molar-refractivity contribution in [1.29, 1.82) is 0 Å². The molecule has 9 aromatic rings. The molecule has 3 heterocycles. The van der Waals surface area contributed by atoms with Crippen LogP contribution in [0.4, 0.5) is 0 Å². The summed E-state index contributed by atoms with van der Waals surface area (Å²) < 4.78 is 0. The summed E-state index contributed by atoms with van der Waals surface area (Å²) in [6.45, 7) is 0. The van der Waals surface area contributed by atoms with Crippen molar-refractivity contribution in [1.82, 2.24) is 24.9 Å². The number of aromatic nitrogens is 5. The van der Waals surface area contributed by atoms with Crippen LogP contribution in [0.1, 0.15) is 0 Å². The van der Waals surface area contributed by atoms with Crippen molar-refractivity contribution in [3.05, 3.63) is 176 Å². The highest BCUT2D eigenvalue weighted by Gasteiger charge is 2.16. The second-order valence-corrected chi connectivity index (χ2v) is 12.2. The lowest BCUT2D eigenvalue weighted by Gasteiger charge is -2.13. The lowest BCUT2D eigenvalue weighted by Crippen LogP contribution is -2.00. The molecule has 0 spiro atoms. The fraction of sp³-hybridized carbons (Fsp3) is 0. The lowest BCUT2D eigenvalue weighted by molar-refractivity contribution is 1.07. The van der Waals surface area contributed by atoms with E-state index in [1.807, 2.05) is 54.7 Å². The van der Waals surface area contributed by atoms with Crippen molar-refractivity contribution in [3.63, 3.8) is 0 Å². The molecule has 5 heteroatoms. The maximum Gasteiger partial charge on any atom is 0.164 e. The van der Waals surface area contributed by atoms with Crippen LogP contribution < -0.4 is 0 Å². The first-order valence-electron chi connectivity index (χ1n) is 16.6. The SMILES string of the molecule is c1ccc(-c2ccc(-c3nc(-c4ccccc4)nc(-c4cc(-c5ccccc5)cc(-c5ccc6ccc7cccnc7c6n5)c4)n3)cc2)cc1. The van der Waals surface area contributed by atoms with E-state index in [0.717, 1.165) is 72.0 Å². The highest BCUT2D eigenvalue weighted by Crippen LogP contribution is 2.34. The van der Waals surface area contributed by atoms with E-state index >= 15 is 0 Å². The molecule has 0 amide bonds. The van der Waals surface area contributed by atoms with E-state index < -0.39 is 0 Å². The Morgan fingerprint density at radius 1 is 0.280 bits per heavy atom. The number of nitrogens with zero attached hydrogens (tertiary/aromatic N) is 5. The minimum absolute atomic E-state index is 0.591. The molecule has 0 aliphatic rings. The fourth-order valence-corrected chi connectivity index (χ4v) is 6.38. The molecule has 234 valence electrons. The van der Waals surface area contributed by atoms with Crippen molar-refractivity contribution in [2.75, 3.05) is 0 Å². The van der Waals surface area contributed by atoms with Gasteiger partial charge in [-0.3, -0.25) is 4.98 Å². The predicted molar refractivity (Wildman–Crippen MR) is 203 cm³/mol. The average Bonchev–Trinajstić information content (AvgIpc) is 3.21. The van der Waals surface area contributed by atoms with Crippen LogP contribution in [0.5, 0.6) is 0 Å². The third-order valence-electron chi connectivity index (χ3n) is 8.94. The summed E-state index contributed by atoms with van der Waals surface area (Å²) in [7, 11) is 0. The molecule has 9 rings (SSSR count). The van der Waals surface area contributed by atoms with Crippen LogP contribution in [-0.2, 0) is 0 Å². The van der Waals surface area contributed by atoms with Gasteiger partial charge in [0.1, 0.15) is 0 Å². The van der Waals surface area contributed by atoms with Crippen molar-refractivity contribution in [3.8, 4) is 67.7 Å². The van der Waals surface area contributed by atoms with Gasteiger partial charge in [-0.25, -0.2) is 19.9 Å². The summed E-state index contributed by atoms with van der Waals surface area (Å²) in [4.78, 5) is 25.0. The molecule has 0 aliphatic carbocycles. The Bertz CT molecular complexity index is 2620. The molecule has 0 unspecified atom stereocenters. The first-order chi connectivity index (χ1) is 24.7. The average molecular weight is 640 g/mol. The minimum Gasteiger partial charge on any atom is -0.254 e. The zero-order chi connectivity index (χ0) is 33.3. The zero-order valence-electron chi connectivity index (χ0n) is 27.0. The molecule has 0 atom stereocenters. The Balaban J connectivity index is 1.23. The molecule has 0 saturated heterocycles. The smallest absolute Gasteiger partial charge is 0.164 e. The van der Waals surface area contributed by atoms with Gasteiger partial charge >= 0.3 is 0 Å². The van der Waals surface area contributed by atoms with E-state index in [4.69, 9.17) is 19.9 Å². The Labute approximate surface area is 289 Å². The molecule has 50 heavy (non-hydrogen) atoms. The third kappa shape index (κ3) is 5.67. The summed E-state index contributed by atoms with van der Waals surface area (Å²) in [5.41, 5.74) is 10.7. The third-order valence-corrected chi connectivity index (χ3v) is 8.94. The summed E-state index contributed by atoms with van der Waals surface area (Å²) in [5, 5.41) is 2.11. The predicted octanol–water partition coefficient (Wildman–Crippen LogP) is 11.0. The maximum atomic E-state index is 5.19. The van der Waals surface area contributed by atoms with Gasteiger partial charge in [-0.05, 0) is 52.6 Å². The molecule has 0 fully saturated rings. The van der Waals surface area contributed by atoms with Gasteiger partial charge in [-0.15, -0.1) is 0 Å². The number of pyridine rings is 2. The van der Waals surface area contributed by atoms with Crippen LogP contribution in [0.15, 0.2) is 176 Å². The van der Waals surface area contributed by atoms with Crippen LogP contribution in [0.2, 0.25) is 0 Å². The van der Waals surface area contributed by atoms with E-state index in [-0.39, 0.29) is 0 Å². The summed E-state index contributed by atoms with van der Waals surface area (Å²) in [6, 6.07) is 58.1. The highest BCUT2D eigenvalue weighted by atomic mass is 15.0. The molecule has 0 radical (unpaired) electrons. The Morgan fingerprint density at radius 3 is 1.40 bits per heavy atom. The van der Waals surface area contributed by atoms with Gasteiger partial charge in [0.15, 0.2) is 17.5 Å². The van der Waals surface area contributed by atoms with Crippen molar-refractivity contribution in [2.45, 2.75) is 0 Å². The molecule has 5 nitrogen and oxygen atoms in total. The van der Waals surface area contributed by atoms with Crippen molar-refractivity contribution >= 4 is 21.8 Å². The van der Waals surface area contributed by atoms with Gasteiger partial charge in [-0.2, -0.15) is 0 Å². The second kappa shape index (κ2) is 12.6. The van der Waals surface area contributed by atoms with E-state index in [2.05, 4.69) is 126 Å². The Morgan fingerprint density at radius 2 is 0.740 bits per heavy atom. The van der Waals surface area contributed by atoms with Gasteiger partial charge in [-0.1, -0.05) is 140 Å². The van der Waals surface area contributed by atoms with Crippen LogP contribution in [0, 0.1) is 0 Å². The molecule has 0 aliphatic heterocycles. The monoisotopic (exact) mass is 639 g/mol. The van der Waals surface area contributed by atoms with Crippen LogP contribution >= 0.6 is 0 Å². The van der Waals surface area contributed by atoms with E-state index in [0.29, 0.717) is 17.5 Å². The Kier molecular flexibility index (Phi) is 7.41. The molecule has 0 N–H and O–H groups in total. The first-order valence-corrected chi connectivity index (χ1v) is 16.6. The molecule has 6 aromatic carbocycles. The molecule has 0 saturated carbocycles. The number of hydrogen-bond donors (Lipinski definition) is 0. The summed E-state index contributed by atoms with van der Waals surface area (Å²) >= 11 is 0. The number of benzene rings is 6. The first kappa shape index (κ1) is 29.3. The van der Waals surface area contributed by atoms with Crippen molar-refractivity contribution in [2.24, 2.45) is 0 Å². The van der Waals surface area contributed by atoms with Crippen LogP contribution in [-0.4, -0.2) is 24.9 Å². The topological polar surface area (TPSA) is 64.5 Å². The van der Waals surface area contributed by atoms with Crippen LogP contribution in [0.25, 0.3) is 89.5 Å². The van der Waals surface area contributed by atoms with Crippen LogP contribution in [0.3, 0.4) is 0 Å². The Hall–Kier alpha value is -6.85. The number of hydrogen-bond acceptors (Lipinski definition) is 5. The van der Waals surface area contributed by atoms with Gasteiger partial charge < -0.3 is 0 Å². The van der Waals surface area contributed by atoms with Gasteiger partial charge in [0.25, 0.3) is 0 Å². The lowest BCUT2D eigenvalue weighted by atomic mass is 9.97. The fourth-order valence-electron chi connectivity index (χ4n) is 6.38. The van der Waals surface area contributed by atoms with E-state index in [1.54, 1.807) is 0 Å². The van der Waals surface area contributed by atoms with E-state index in [9.17, 15) is 0 Å². The highest BCUT2D eigenvalue weighted by molar-refractivity contribution is 6.03. The molecule has 3 aromatic heterocycles. The zero-order valence-corrected chi connectivity index (χ0v) is 27.0. The molecular formula is C45H29N5. The quantitative estimate of drug-likeness (QED) is 0.169. The number of fused-ring (bicyclic) bond motifs is 3. The minimum atomic E-state index is 0.591. The normalized spacial score (nSPS) is 11.2. The van der Waals surface area contributed by atoms with Gasteiger partial charge in [0.05, 0.1) is 16.7 Å². The maximum absolute atomic E-state index is 5.19. The standard InChI is InChI=1S/C45H29N5/c1-4-11-30(12-5-1)32-18-22-36(23-19-32)44-48-43(35-15-8-3-9-16-35)49-45(50-44)39-28-37(31-13-6-2-7-14-31)27-38(29-39)40-25-24-34-21-20-33-17-10-26-46-41(33)42(34)47-40/h1-29H. The summed E-state index contributed by atoms with van der Waals surface area (Å²) in [6.07, 6.45) is 1.82.